The van der Waals surface area contributed by atoms with E-state index in [1.807, 2.05) is 29.8 Å². The third-order valence-corrected chi connectivity index (χ3v) is 5.49. The number of nitrogens with zero attached hydrogens (tertiary/aromatic N) is 3. The number of hydrogen-bond donors (Lipinski definition) is 1. The summed E-state index contributed by atoms with van der Waals surface area (Å²) in [7, 11) is 0. The Morgan fingerprint density at radius 1 is 1.15 bits per heavy atom. The van der Waals surface area contributed by atoms with E-state index in [9.17, 15) is 4.79 Å². The van der Waals surface area contributed by atoms with Crippen molar-refractivity contribution in [1.82, 2.24) is 14.6 Å². The van der Waals surface area contributed by atoms with E-state index in [1.54, 1.807) is 12.3 Å². The number of carbonyl (C=O) groups is 1. The number of aromatic nitrogens is 3. The molecular formula is C20H21ClN4O. The van der Waals surface area contributed by atoms with Crippen LogP contribution in [0.5, 0.6) is 0 Å². The fourth-order valence-electron chi connectivity index (χ4n) is 3.54. The molecule has 2 aromatic heterocycles. The molecule has 0 saturated heterocycles. The monoisotopic (exact) mass is 368 g/mol. The number of nitrogens with one attached hydrogen (secondary N) is 1. The highest BCUT2D eigenvalue weighted by molar-refractivity contribution is 6.31. The minimum absolute atomic E-state index is 0.219. The zero-order valence-electron chi connectivity index (χ0n) is 14.8. The molecule has 0 atom stereocenters. The molecule has 0 unspecified atom stereocenters. The van der Waals surface area contributed by atoms with Crippen LogP contribution in [0.2, 0.25) is 5.02 Å². The van der Waals surface area contributed by atoms with Crippen LogP contribution in [0, 0.1) is 6.92 Å². The smallest absolute Gasteiger partial charge is 0.261 e. The highest BCUT2D eigenvalue weighted by Gasteiger charge is 2.19. The van der Waals surface area contributed by atoms with Crippen molar-refractivity contribution in [2.75, 3.05) is 5.32 Å². The predicted molar refractivity (Wildman–Crippen MR) is 103 cm³/mol. The molecule has 1 N–H and O–H groups in total. The van der Waals surface area contributed by atoms with Gasteiger partial charge in [0.15, 0.2) is 5.65 Å². The number of amides is 1. The molecule has 1 aromatic carbocycles. The van der Waals surface area contributed by atoms with Gasteiger partial charge in [-0.25, -0.2) is 9.50 Å². The number of hydrogen-bond acceptors (Lipinski definition) is 3. The van der Waals surface area contributed by atoms with Gasteiger partial charge < -0.3 is 5.32 Å². The van der Waals surface area contributed by atoms with Crippen molar-refractivity contribution in [3.8, 4) is 0 Å². The number of aryl methyl sites for hydroxylation is 2. The maximum Gasteiger partial charge on any atom is 0.261 e. The Hall–Kier alpha value is -2.40. The fraction of sp³-hybridized carbons (Fsp3) is 0.350. The van der Waals surface area contributed by atoms with Crippen LogP contribution in [0.4, 0.5) is 5.69 Å². The number of carbonyl (C=O) groups excluding carboxylic acids is 1. The first-order chi connectivity index (χ1) is 12.6. The van der Waals surface area contributed by atoms with Crippen molar-refractivity contribution < 1.29 is 4.79 Å². The van der Waals surface area contributed by atoms with Crippen LogP contribution in [0.3, 0.4) is 0 Å². The zero-order valence-corrected chi connectivity index (χ0v) is 15.5. The van der Waals surface area contributed by atoms with Gasteiger partial charge in [-0.05, 0) is 55.9 Å². The number of rotatable bonds is 2. The summed E-state index contributed by atoms with van der Waals surface area (Å²) in [5.41, 5.74) is 5.08. The number of benzene rings is 1. The van der Waals surface area contributed by atoms with E-state index in [4.69, 9.17) is 11.6 Å². The average molecular weight is 369 g/mol. The highest BCUT2D eigenvalue weighted by atomic mass is 35.5. The van der Waals surface area contributed by atoms with E-state index >= 15 is 0 Å². The van der Waals surface area contributed by atoms with E-state index in [0.29, 0.717) is 21.9 Å². The second kappa shape index (κ2) is 7.08. The molecule has 0 spiro atoms. The van der Waals surface area contributed by atoms with Gasteiger partial charge in [-0.15, -0.1) is 0 Å². The molecule has 0 aliphatic heterocycles. The van der Waals surface area contributed by atoms with Crippen LogP contribution >= 0.6 is 11.6 Å². The molecule has 26 heavy (non-hydrogen) atoms. The standard InChI is InChI=1S/C20H21ClN4O/c1-13-16(21)8-6-9-17(13)24-20(26)15-12-23-25-18-10-5-3-2-4-7-14(18)11-22-19(15)25/h6,8-9,11-12H,2-5,7,10H2,1H3,(H,24,26). The van der Waals surface area contributed by atoms with Crippen molar-refractivity contribution in [2.45, 2.75) is 45.4 Å². The number of anilines is 1. The topological polar surface area (TPSA) is 59.3 Å². The van der Waals surface area contributed by atoms with E-state index < -0.39 is 0 Å². The van der Waals surface area contributed by atoms with Gasteiger partial charge >= 0.3 is 0 Å². The summed E-state index contributed by atoms with van der Waals surface area (Å²) in [6, 6.07) is 5.47. The minimum atomic E-state index is -0.219. The molecule has 1 amide bonds. The van der Waals surface area contributed by atoms with Crippen LogP contribution in [0.1, 0.15) is 52.9 Å². The van der Waals surface area contributed by atoms with Crippen molar-refractivity contribution in [3.63, 3.8) is 0 Å². The SMILES string of the molecule is Cc1c(Cl)cccc1NC(=O)c1cnn2c3c(cnc12)CCCCCC3. The zero-order chi connectivity index (χ0) is 18.1. The van der Waals surface area contributed by atoms with E-state index in [1.165, 1.54) is 30.5 Å². The Morgan fingerprint density at radius 2 is 1.96 bits per heavy atom. The molecule has 1 aliphatic carbocycles. The molecular weight excluding hydrogens is 348 g/mol. The highest BCUT2D eigenvalue weighted by Crippen LogP contribution is 2.25. The van der Waals surface area contributed by atoms with E-state index in [2.05, 4.69) is 15.4 Å². The molecule has 5 nitrogen and oxygen atoms in total. The van der Waals surface area contributed by atoms with Crippen molar-refractivity contribution in [3.05, 3.63) is 58.0 Å². The van der Waals surface area contributed by atoms with E-state index in [0.717, 1.165) is 24.8 Å². The normalized spacial score (nSPS) is 14.5. The van der Waals surface area contributed by atoms with Crippen LogP contribution in [-0.4, -0.2) is 20.5 Å². The Morgan fingerprint density at radius 3 is 2.81 bits per heavy atom. The summed E-state index contributed by atoms with van der Waals surface area (Å²) in [4.78, 5) is 17.3. The number of halogens is 1. The molecule has 3 aromatic rings. The maximum absolute atomic E-state index is 12.8. The molecule has 1 aliphatic rings. The Kier molecular flexibility index (Phi) is 4.64. The van der Waals surface area contributed by atoms with Gasteiger partial charge in [0.05, 0.1) is 6.20 Å². The summed E-state index contributed by atoms with van der Waals surface area (Å²) in [6.45, 7) is 1.88. The van der Waals surface area contributed by atoms with Gasteiger partial charge in [0.25, 0.3) is 5.91 Å². The first-order valence-electron chi connectivity index (χ1n) is 9.06. The first-order valence-corrected chi connectivity index (χ1v) is 9.44. The summed E-state index contributed by atoms with van der Waals surface area (Å²) in [5.74, 6) is -0.219. The van der Waals surface area contributed by atoms with Gasteiger partial charge in [-0.2, -0.15) is 5.10 Å². The van der Waals surface area contributed by atoms with Gasteiger partial charge in [-0.3, -0.25) is 4.79 Å². The molecule has 0 bridgehead atoms. The third-order valence-electron chi connectivity index (χ3n) is 5.08. The number of fused-ring (bicyclic) bond motifs is 3. The second-order valence-electron chi connectivity index (χ2n) is 6.80. The molecule has 0 fully saturated rings. The predicted octanol–water partition coefficient (Wildman–Crippen LogP) is 4.60. The Labute approximate surface area is 157 Å². The average Bonchev–Trinajstić information content (AvgIpc) is 3.03. The molecule has 4 rings (SSSR count). The van der Waals surface area contributed by atoms with Gasteiger partial charge in [0.2, 0.25) is 0 Å². The summed E-state index contributed by atoms with van der Waals surface area (Å²) in [5, 5.41) is 8.03. The Bertz CT molecular complexity index is 979. The van der Waals surface area contributed by atoms with Crippen molar-refractivity contribution in [2.24, 2.45) is 0 Å². The molecule has 6 heteroatoms. The third kappa shape index (κ3) is 3.07. The second-order valence-corrected chi connectivity index (χ2v) is 7.21. The maximum atomic E-state index is 12.8. The van der Waals surface area contributed by atoms with Crippen molar-refractivity contribution >= 4 is 28.8 Å². The lowest BCUT2D eigenvalue weighted by molar-refractivity contribution is 0.102. The molecule has 2 heterocycles. The first kappa shape index (κ1) is 17.0. The summed E-state index contributed by atoms with van der Waals surface area (Å²) in [6.07, 6.45) is 10.4. The van der Waals surface area contributed by atoms with Crippen LogP contribution in [0.15, 0.2) is 30.6 Å². The van der Waals surface area contributed by atoms with Gasteiger partial charge in [-0.1, -0.05) is 30.5 Å². The van der Waals surface area contributed by atoms with Crippen molar-refractivity contribution in [1.29, 1.82) is 0 Å². The van der Waals surface area contributed by atoms with Crippen LogP contribution < -0.4 is 5.32 Å². The van der Waals surface area contributed by atoms with Crippen LogP contribution in [-0.2, 0) is 12.8 Å². The summed E-state index contributed by atoms with van der Waals surface area (Å²) >= 11 is 6.15. The lowest BCUT2D eigenvalue weighted by atomic mass is 9.98. The Balaban J connectivity index is 1.70. The lowest BCUT2D eigenvalue weighted by Crippen LogP contribution is -2.14. The van der Waals surface area contributed by atoms with Crippen LogP contribution in [0.25, 0.3) is 5.65 Å². The fourth-order valence-corrected chi connectivity index (χ4v) is 3.72. The van der Waals surface area contributed by atoms with E-state index in [-0.39, 0.29) is 5.91 Å². The largest absolute Gasteiger partial charge is 0.322 e. The minimum Gasteiger partial charge on any atom is -0.322 e. The summed E-state index contributed by atoms with van der Waals surface area (Å²) < 4.78 is 1.85. The molecule has 0 radical (unpaired) electrons. The van der Waals surface area contributed by atoms with Gasteiger partial charge in [0, 0.05) is 22.6 Å². The lowest BCUT2D eigenvalue weighted by Gasteiger charge is -2.14. The molecule has 0 saturated carbocycles. The molecule has 134 valence electrons. The quantitative estimate of drug-likeness (QED) is 0.719. The van der Waals surface area contributed by atoms with Gasteiger partial charge in [0.1, 0.15) is 5.56 Å².